The fourth-order valence-corrected chi connectivity index (χ4v) is 1.06. The summed E-state index contributed by atoms with van der Waals surface area (Å²) in [5.74, 6) is -1.85. The molecule has 0 saturated carbocycles. The molecule has 0 radical (unpaired) electrons. The van der Waals surface area contributed by atoms with Gasteiger partial charge in [0.05, 0.1) is 0 Å². The molecule has 0 rings (SSSR count). The fourth-order valence-electron chi connectivity index (χ4n) is 1.06. The van der Waals surface area contributed by atoms with Crippen molar-refractivity contribution in [1.82, 2.24) is 0 Å². The van der Waals surface area contributed by atoms with E-state index in [9.17, 15) is 9.59 Å². The van der Waals surface area contributed by atoms with E-state index in [0.29, 0.717) is 0 Å². The molecular weight excluding hydrogens is 176 g/mol. The van der Waals surface area contributed by atoms with Gasteiger partial charge in [0, 0.05) is 14.2 Å². The summed E-state index contributed by atoms with van der Waals surface area (Å²) in [7, 11) is 2.53. The Balaban J connectivity index is 4.75. The average molecular weight is 190 g/mol. The average Bonchev–Trinajstić information content (AvgIpc) is 2.07. The Hall–Kier alpha value is -0.940. The molecule has 0 heterocycles. The minimum Gasteiger partial charge on any atom is -0.479 e. The van der Waals surface area contributed by atoms with Gasteiger partial charge in [-0.2, -0.15) is 0 Å². The van der Waals surface area contributed by atoms with Crippen molar-refractivity contribution < 1.29 is 24.2 Å². The molecule has 0 amide bonds. The molecule has 76 valence electrons. The van der Waals surface area contributed by atoms with Crippen LogP contribution in [0.15, 0.2) is 0 Å². The lowest BCUT2D eigenvalue weighted by atomic mass is 9.95. The van der Waals surface area contributed by atoms with Crippen LogP contribution in [0, 0.1) is 0 Å². The van der Waals surface area contributed by atoms with Crippen molar-refractivity contribution in [3.63, 3.8) is 0 Å². The van der Waals surface area contributed by atoms with Crippen LogP contribution in [-0.2, 0) is 19.1 Å². The van der Waals surface area contributed by atoms with Crippen molar-refractivity contribution in [3.8, 4) is 0 Å². The first-order chi connectivity index (χ1) is 6.05. The molecule has 0 fully saturated rings. The number of ether oxygens (including phenoxy) is 2. The van der Waals surface area contributed by atoms with E-state index in [0.717, 1.165) is 0 Å². The van der Waals surface area contributed by atoms with E-state index in [1.165, 1.54) is 14.2 Å². The first-order valence-corrected chi connectivity index (χ1v) is 3.86. The highest BCUT2D eigenvalue weighted by atomic mass is 16.5. The van der Waals surface area contributed by atoms with E-state index < -0.39 is 17.4 Å². The van der Waals surface area contributed by atoms with Crippen molar-refractivity contribution >= 4 is 11.8 Å². The summed E-state index contributed by atoms with van der Waals surface area (Å²) in [5, 5.41) is 8.82. The summed E-state index contributed by atoms with van der Waals surface area (Å²) in [6.45, 7) is 1.32. The van der Waals surface area contributed by atoms with Gasteiger partial charge in [0.25, 0.3) is 0 Å². The maximum absolute atomic E-state index is 11.3. The van der Waals surface area contributed by atoms with Crippen LogP contribution in [-0.4, -0.2) is 43.3 Å². The number of ketones is 1. The van der Waals surface area contributed by atoms with Gasteiger partial charge < -0.3 is 14.6 Å². The maximum atomic E-state index is 11.3. The highest BCUT2D eigenvalue weighted by Gasteiger charge is 2.44. The lowest BCUT2D eigenvalue weighted by Gasteiger charge is -2.24. The Morgan fingerprint density at radius 1 is 1.38 bits per heavy atom. The molecule has 13 heavy (non-hydrogen) atoms. The number of hydrogen-bond donors (Lipinski definition) is 1. The highest BCUT2D eigenvalue weighted by Crippen LogP contribution is 2.16. The molecule has 0 bridgehead atoms. The van der Waals surface area contributed by atoms with Crippen LogP contribution in [0.1, 0.15) is 13.3 Å². The third-order valence-corrected chi connectivity index (χ3v) is 1.92. The summed E-state index contributed by atoms with van der Waals surface area (Å²) in [5.41, 5.74) is -1.75. The maximum Gasteiger partial charge on any atom is 0.343 e. The molecule has 0 aromatic rings. The second kappa shape index (κ2) is 4.94. The van der Waals surface area contributed by atoms with Gasteiger partial charge in [-0.3, -0.25) is 4.79 Å². The van der Waals surface area contributed by atoms with Crippen LogP contribution in [0.5, 0.6) is 0 Å². The molecule has 0 aliphatic carbocycles. The number of carboxylic acid groups (broad SMARTS) is 1. The number of Topliss-reactive ketones (excluding diaryl/α,β-unsaturated/α-hetero) is 1. The number of carbonyl (C=O) groups excluding carboxylic acids is 1. The van der Waals surface area contributed by atoms with E-state index in [2.05, 4.69) is 4.74 Å². The van der Waals surface area contributed by atoms with E-state index in [-0.39, 0.29) is 13.0 Å². The number of rotatable bonds is 6. The minimum atomic E-state index is -1.75. The number of carboxylic acids is 1. The zero-order chi connectivity index (χ0) is 10.5. The molecule has 5 heteroatoms. The predicted octanol–water partition coefficient (Wildman–Crippen LogP) is 0.0817. The summed E-state index contributed by atoms with van der Waals surface area (Å²) < 4.78 is 9.30. The zero-order valence-electron chi connectivity index (χ0n) is 7.99. The Kier molecular flexibility index (Phi) is 4.58. The quantitative estimate of drug-likeness (QED) is 0.600. The van der Waals surface area contributed by atoms with Crippen LogP contribution in [0.4, 0.5) is 0 Å². The second-order valence-electron chi connectivity index (χ2n) is 2.55. The van der Waals surface area contributed by atoms with Crippen LogP contribution in [0.2, 0.25) is 0 Å². The van der Waals surface area contributed by atoms with Gasteiger partial charge in [-0.25, -0.2) is 4.79 Å². The van der Waals surface area contributed by atoms with Crippen LogP contribution < -0.4 is 0 Å². The Labute approximate surface area is 76.6 Å². The number of carbonyl (C=O) groups is 2. The SMILES string of the molecule is CCC(OC)(C(=O)O)C(=O)COC. The van der Waals surface area contributed by atoms with E-state index in [4.69, 9.17) is 9.84 Å². The third kappa shape index (κ3) is 2.26. The van der Waals surface area contributed by atoms with Crippen molar-refractivity contribution in [2.75, 3.05) is 20.8 Å². The molecule has 0 aliphatic rings. The van der Waals surface area contributed by atoms with Crippen molar-refractivity contribution in [2.24, 2.45) is 0 Å². The summed E-state index contributed by atoms with van der Waals surface area (Å²) in [4.78, 5) is 22.1. The third-order valence-electron chi connectivity index (χ3n) is 1.92. The Morgan fingerprint density at radius 3 is 2.15 bits per heavy atom. The largest absolute Gasteiger partial charge is 0.479 e. The molecule has 5 nitrogen and oxygen atoms in total. The van der Waals surface area contributed by atoms with Crippen molar-refractivity contribution in [2.45, 2.75) is 18.9 Å². The molecule has 0 aliphatic heterocycles. The first kappa shape index (κ1) is 12.1. The van der Waals surface area contributed by atoms with Crippen LogP contribution >= 0.6 is 0 Å². The Morgan fingerprint density at radius 2 is 1.92 bits per heavy atom. The van der Waals surface area contributed by atoms with Gasteiger partial charge in [-0.15, -0.1) is 0 Å². The summed E-state index contributed by atoms with van der Waals surface area (Å²) >= 11 is 0. The van der Waals surface area contributed by atoms with Gasteiger partial charge in [0.2, 0.25) is 11.4 Å². The second-order valence-corrected chi connectivity index (χ2v) is 2.55. The molecule has 1 N–H and O–H groups in total. The Bertz CT molecular complexity index is 195. The van der Waals surface area contributed by atoms with Crippen LogP contribution in [0.25, 0.3) is 0 Å². The lowest BCUT2D eigenvalue weighted by molar-refractivity contribution is -0.171. The topological polar surface area (TPSA) is 72.8 Å². The highest BCUT2D eigenvalue weighted by molar-refractivity contribution is 6.07. The molecular formula is C8H14O5. The number of hydrogen-bond acceptors (Lipinski definition) is 4. The molecule has 0 saturated heterocycles. The standard InChI is InChI=1S/C8H14O5/c1-4-8(13-3,7(10)11)6(9)5-12-2/h4-5H2,1-3H3,(H,10,11). The number of methoxy groups -OCH3 is 2. The van der Waals surface area contributed by atoms with Crippen molar-refractivity contribution in [1.29, 1.82) is 0 Å². The van der Waals surface area contributed by atoms with Crippen LogP contribution in [0.3, 0.4) is 0 Å². The lowest BCUT2D eigenvalue weighted by Crippen LogP contribution is -2.49. The van der Waals surface area contributed by atoms with Gasteiger partial charge in [0.1, 0.15) is 6.61 Å². The van der Waals surface area contributed by atoms with E-state index in [1.54, 1.807) is 6.92 Å². The molecule has 1 atom stereocenters. The molecule has 1 unspecified atom stereocenters. The molecule has 0 spiro atoms. The monoisotopic (exact) mass is 190 g/mol. The van der Waals surface area contributed by atoms with E-state index >= 15 is 0 Å². The normalized spacial score (nSPS) is 15.0. The number of aliphatic carboxylic acids is 1. The van der Waals surface area contributed by atoms with Gasteiger partial charge >= 0.3 is 5.97 Å². The smallest absolute Gasteiger partial charge is 0.343 e. The zero-order valence-corrected chi connectivity index (χ0v) is 7.99. The van der Waals surface area contributed by atoms with Gasteiger partial charge in [-0.05, 0) is 6.42 Å². The first-order valence-electron chi connectivity index (χ1n) is 3.86. The van der Waals surface area contributed by atoms with Crippen molar-refractivity contribution in [3.05, 3.63) is 0 Å². The minimum absolute atomic E-state index is 0.0844. The van der Waals surface area contributed by atoms with Gasteiger partial charge in [-0.1, -0.05) is 6.92 Å². The van der Waals surface area contributed by atoms with E-state index in [1.807, 2.05) is 0 Å². The fraction of sp³-hybridized carbons (Fsp3) is 0.750. The van der Waals surface area contributed by atoms with Gasteiger partial charge in [0.15, 0.2) is 0 Å². The summed E-state index contributed by atoms with van der Waals surface area (Å²) in [6.07, 6.45) is 0.0844. The predicted molar refractivity (Wildman–Crippen MR) is 44.5 cm³/mol. The summed E-state index contributed by atoms with van der Waals surface area (Å²) in [6, 6.07) is 0. The molecule has 0 aromatic carbocycles. The molecule has 0 aromatic heterocycles.